The SMILES string of the molecule is COCCn1cc(-c2cc3ncn(C)c(=O)c3c(NC(C)C)n2)cn1. The summed E-state index contributed by atoms with van der Waals surface area (Å²) in [5, 5.41) is 8.07. The van der Waals surface area contributed by atoms with Crippen LogP contribution in [0.25, 0.3) is 22.2 Å². The second kappa shape index (κ2) is 7.02. The van der Waals surface area contributed by atoms with Crippen molar-refractivity contribution in [3.63, 3.8) is 0 Å². The predicted octanol–water partition coefficient (Wildman–Crippen LogP) is 1.66. The molecule has 3 heterocycles. The fourth-order valence-electron chi connectivity index (χ4n) is 2.55. The Morgan fingerprint density at radius 1 is 1.36 bits per heavy atom. The van der Waals surface area contributed by atoms with Gasteiger partial charge in [-0.2, -0.15) is 5.10 Å². The van der Waals surface area contributed by atoms with E-state index in [0.29, 0.717) is 29.9 Å². The minimum absolute atomic E-state index is 0.122. The number of nitrogens with one attached hydrogen (secondary N) is 1. The normalized spacial score (nSPS) is 11.4. The monoisotopic (exact) mass is 342 g/mol. The lowest BCUT2D eigenvalue weighted by atomic mass is 10.2. The number of fused-ring (bicyclic) bond motifs is 1. The Morgan fingerprint density at radius 3 is 2.88 bits per heavy atom. The molecule has 8 nitrogen and oxygen atoms in total. The third kappa shape index (κ3) is 3.53. The van der Waals surface area contributed by atoms with Gasteiger partial charge in [-0.1, -0.05) is 0 Å². The van der Waals surface area contributed by atoms with E-state index in [0.717, 1.165) is 11.3 Å². The molecule has 0 aromatic carbocycles. The van der Waals surface area contributed by atoms with E-state index in [-0.39, 0.29) is 11.6 Å². The number of aromatic nitrogens is 5. The number of pyridine rings is 1. The maximum Gasteiger partial charge on any atom is 0.264 e. The number of aryl methyl sites for hydroxylation is 1. The Bertz CT molecular complexity index is 944. The second-order valence-corrected chi connectivity index (χ2v) is 6.19. The van der Waals surface area contributed by atoms with Gasteiger partial charge in [0.25, 0.3) is 5.56 Å². The van der Waals surface area contributed by atoms with Crippen molar-refractivity contribution in [3.05, 3.63) is 35.1 Å². The first-order valence-corrected chi connectivity index (χ1v) is 8.14. The van der Waals surface area contributed by atoms with Gasteiger partial charge in [0.2, 0.25) is 0 Å². The van der Waals surface area contributed by atoms with Gasteiger partial charge >= 0.3 is 0 Å². The molecule has 3 aromatic heterocycles. The Morgan fingerprint density at radius 2 is 2.16 bits per heavy atom. The van der Waals surface area contributed by atoms with E-state index in [1.807, 2.05) is 26.1 Å². The molecule has 0 aliphatic carbocycles. The third-order valence-electron chi connectivity index (χ3n) is 3.78. The molecular weight excluding hydrogens is 320 g/mol. The second-order valence-electron chi connectivity index (χ2n) is 6.19. The lowest BCUT2D eigenvalue weighted by molar-refractivity contribution is 0.183. The molecule has 8 heteroatoms. The average Bonchev–Trinajstić information content (AvgIpc) is 3.04. The van der Waals surface area contributed by atoms with Crippen LogP contribution in [0.1, 0.15) is 13.8 Å². The van der Waals surface area contributed by atoms with Crippen molar-refractivity contribution < 1.29 is 4.74 Å². The minimum atomic E-state index is -0.122. The van der Waals surface area contributed by atoms with E-state index in [9.17, 15) is 4.79 Å². The first kappa shape index (κ1) is 17.1. The molecule has 3 aromatic rings. The van der Waals surface area contributed by atoms with Crippen LogP contribution in [0.5, 0.6) is 0 Å². The van der Waals surface area contributed by atoms with Crippen molar-refractivity contribution in [2.24, 2.45) is 7.05 Å². The molecule has 0 saturated carbocycles. The van der Waals surface area contributed by atoms with Crippen LogP contribution in [-0.2, 0) is 18.3 Å². The zero-order valence-corrected chi connectivity index (χ0v) is 14.9. The molecule has 25 heavy (non-hydrogen) atoms. The van der Waals surface area contributed by atoms with E-state index >= 15 is 0 Å². The summed E-state index contributed by atoms with van der Waals surface area (Å²) in [5.41, 5.74) is 2.08. The van der Waals surface area contributed by atoms with Gasteiger partial charge in [0.05, 0.1) is 36.9 Å². The van der Waals surface area contributed by atoms with Crippen LogP contribution in [0, 0.1) is 0 Å². The molecule has 3 rings (SSSR count). The van der Waals surface area contributed by atoms with Crippen LogP contribution >= 0.6 is 0 Å². The number of ether oxygens (including phenoxy) is 1. The summed E-state index contributed by atoms with van der Waals surface area (Å²) in [7, 11) is 3.34. The van der Waals surface area contributed by atoms with Gasteiger partial charge in [0.15, 0.2) is 0 Å². The predicted molar refractivity (Wildman–Crippen MR) is 96.6 cm³/mol. The van der Waals surface area contributed by atoms with Gasteiger partial charge in [0, 0.05) is 32.0 Å². The van der Waals surface area contributed by atoms with Crippen LogP contribution in [0.4, 0.5) is 5.82 Å². The van der Waals surface area contributed by atoms with E-state index < -0.39 is 0 Å². The van der Waals surface area contributed by atoms with Crippen molar-refractivity contribution in [1.82, 2.24) is 24.3 Å². The van der Waals surface area contributed by atoms with Gasteiger partial charge in [-0.25, -0.2) is 9.97 Å². The molecule has 0 fully saturated rings. The smallest absolute Gasteiger partial charge is 0.264 e. The topological polar surface area (TPSA) is 86.9 Å². The maximum absolute atomic E-state index is 12.5. The number of rotatable bonds is 6. The van der Waals surface area contributed by atoms with Crippen molar-refractivity contribution in [2.45, 2.75) is 26.4 Å². The highest BCUT2D eigenvalue weighted by atomic mass is 16.5. The van der Waals surface area contributed by atoms with Crippen LogP contribution in [-0.4, -0.2) is 44.1 Å². The first-order valence-electron chi connectivity index (χ1n) is 8.14. The largest absolute Gasteiger partial charge is 0.383 e. The highest BCUT2D eigenvalue weighted by molar-refractivity contribution is 5.91. The summed E-state index contributed by atoms with van der Waals surface area (Å²) in [6.07, 6.45) is 5.19. The van der Waals surface area contributed by atoms with Crippen LogP contribution in [0.15, 0.2) is 29.6 Å². The van der Waals surface area contributed by atoms with Crippen LogP contribution in [0.3, 0.4) is 0 Å². The Kier molecular flexibility index (Phi) is 4.80. The Labute approximate surface area is 145 Å². The summed E-state index contributed by atoms with van der Waals surface area (Å²) >= 11 is 0. The van der Waals surface area contributed by atoms with Gasteiger partial charge in [-0.05, 0) is 19.9 Å². The number of methoxy groups -OCH3 is 1. The zero-order valence-electron chi connectivity index (χ0n) is 14.9. The van der Waals surface area contributed by atoms with E-state index in [4.69, 9.17) is 4.74 Å². The summed E-state index contributed by atoms with van der Waals surface area (Å²) < 4.78 is 8.33. The fourth-order valence-corrected chi connectivity index (χ4v) is 2.55. The quantitative estimate of drug-likeness (QED) is 0.733. The maximum atomic E-state index is 12.5. The molecule has 0 atom stereocenters. The summed E-state index contributed by atoms with van der Waals surface area (Å²) in [6, 6.07) is 1.96. The molecule has 0 aliphatic rings. The van der Waals surface area contributed by atoms with Gasteiger partial charge in [-0.15, -0.1) is 0 Å². The molecule has 0 radical (unpaired) electrons. The molecule has 0 saturated heterocycles. The molecule has 0 unspecified atom stereocenters. The first-order chi connectivity index (χ1) is 12.0. The van der Waals surface area contributed by atoms with Crippen molar-refractivity contribution >= 4 is 16.7 Å². The molecule has 1 N–H and O–H groups in total. The lowest BCUT2D eigenvalue weighted by Gasteiger charge is -2.13. The summed E-state index contributed by atoms with van der Waals surface area (Å²) in [4.78, 5) is 21.6. The van der Waals surface area contributed by atoms with Gasteiger partial charge in [-0.3, -0.25) is 9.48 Å². The summed E-state index contributed by atoms with van der Waals surface area (Å²) in [6.45, 7) is 5.26. The van der Waals surface area contributed by atoms with Crippen LogP contribution < -0.4 is 10.9 Å². The highest BCUT2D eigenvalue weighted by Crippen LogP contribution is 2.25. The lowest BCUT2D eigenvalue weighted by Crippen LogP contribution is -2.21. The molecule has 0 amide bonds. The molecule has 0 spiro atoms. The number of hydrogen-bond donors (Lipinski definition) is 1. The zero-order chi connectivity index (χ0) is 18.0. The van der Waals surface area contributed by atoms with Gasteiger partial charge < -0.3 is 14.6 Å². The summed E-state index contributed by atoms with van der Waals surface area (Å²) in [5.74, 6) is 0.542. The fraction of sp³-hybridized carbons (Fsp3) is 0.412. The molecular formula is C17H22N6O2. The van der Waals surface area contributed by atoms with Crippen molar-refractivity contribution in [2.75, 3.05) is 19.0 Å². The average molecular weight is 342 g/mol. The molecule has 0 aliphatic heterocycles. The Balaban J connectivity index is 2.12. The minimum Gasteiger partial charge on any atom is -0.383 e. The number of nitrogens with zero attached hydrogens (tertiary/aromatic N) is 5. The van der Waals surface area contributed by atoms with Crippen molar-refractivity contribution in [3.8, 4) is 11.3 Å². The molecule has 132 valence electrons. The van der Waals surface area contributed by atoms with E-state index in [1.165, 1.54) is 10.9 Å². The van der Waals surface area contributed by atoms with E-state index in [1.54, 1.807) is 25.0 Å². The Hall–Kier alpha value is -2.74. The third-order valence-corrected chi connectivity index (χ3v) is 3.78. The van der Waals surface area contributed by atoms with Crippen molar-refractivity contribution in [1.29, 1.82) is 0 Å². The highest BCUT2D eigenvalue weighted by Gasteiger charge is 2.14. The van der Waals surface area contributed by atoms with Gasteiger partial charge in [0.1, 0.15) is 11.2 Å². The standard InChI is InChI=1S/C17H22N6O2/c1-11(2)20-16-15-14(18-10-22(3)17(15)24)7-13(21-16)12-8-19-23(9-12)5-6-25-4/h7-11H,5-6H2,1-4H3,(H,20,21). The van der Waals surface area contributed by atoms with E-state index in [2.05, 4.69) is 20.4 Å². The molecule has 0 bridgehead atoms. The van der Waals surface area contributed by atoms with Crippen LogP contribution in [0.2, 0.25) is 0 Å². The number of hydrogen-bond acceptors (Lipinski definition) is 6. The number of anilines is 1.